The topological polar surface area (TPSA) is 87.4 Å². The number of hydrogen-bond acceptors (Lipinski definition) is 5. The van der Waals surface area contributed by atoms with E-state index in [9.17, 15) is 4.79 Å². The van der Waals surface area contributed by atoms with Crippen LogP contribution in [-0.2, 0) is 18.3 Å². The number of aryl methyl sites for hydroxylation is 1. The van der Waals surface area contributed by atoms with E-state index in [1.807, 2.05) is 40.2 Å². The maximum atomic E-state index is 11.3. The summed E-state index contributed by atoms with van der Waals surface area (Å²) in [6.07, 6.45) is 3.82. The van der Waals surface area contributed by atoms with Gasteiger partial charge < -0.3 is 15.0 Å². The second kappa shape index (κ2) is 8.12. The molecule has 0 aliphatic rings. The molecule has 0 saturated heterocycles. The number of ether oxygens (including phenoxy) is 1. The number of carbonyl (C=O) groups is 1. The number of nitrogens with zero attached hydrogens (tertiary/aromatic N) is 4. The molecule has 0 spiro atoms. The molecular formula is C20H25N5O2S. The molecule has 0 saturated carbocycles. The SMILES string of the molecule is Cn1cc(-c2csc(=Nc3ccc(C(N)=O)cc3)n2CCOC(C)(C)C)cn1. The van der Waals surface area contributed by atoms with Crippen LogP contribution in [0, 0.1) is 0 Å². The van der Waals surface area contributed by atoms with Gasteiger partial charge in [0.25, 0.3) is 0 Å². The van der Waals surface area contributed by atoms with Crippen LogP contribution in [0.1, 0.15) is 31.1 Å². The molecule has 0 radical (unpaired) electrons. The Morgan fingerprint density at radius 2 is 2.00 bits per heavy atom. The highest BCUT2D eigenvalue weighted by molar-refractivity contribution is 7.07. The Labute approximate surface area is 168 Å². The Morgan fingerprint density at radius 1 is 1.29 bits per heavy atom. The van der Waals surface area contributed by atoms with Crippen LogP contribution in [0.25, 0.3) is 11.3 Å². The fourth-order valence-electron chi connectivity index (χ4n) is 2.67. The fourth-order valence-corrected chi connectivity index (χ4v) is 3.63. The normalized spacial score (nSPS) is 12.5. The van der Waals surface area contributed by atoms with E-state index in [2.05, 4.69) is 15.0 Å². The van der Waals surface area contributed by atoms with Crippen molar-refractivity contribution in [2.24, 2.45) is 17.8 Å². The number of aromatic nitrogens is 3. The number of rotatable bonds is 6. The van der Waals surface area contributed by atoms with Crippen LogP contribution in [-0.4, -0.2) is 32.5 Å². The van der Waals surface area contributed by atoms with Crippen molar-refractivity contribution in [2.45, 2.75) is 32.9 Å². The minimum atomic E-state index is -0.448. The molecule has 1 amide bonds. The molecule has 3 rings (SSSR count). The van der Waals surface area contributed by atoms with Gasteiger partial charge in [0, 0.05) is 36.3 Å². The van der Waals surface area contributed by atoms with Crippen LogP contribution in [0.3, 0.4) is 0 Å². The lowest BCUT2D eigenvalue weighted by molar-refractivity contribution is -0.00690. The first-order valence-electron chi connectivity index (χ1n) is 8.99. The number of hydrogen-bond donors (Lipinski definition) is 1. The average molecular weight is 400 g/mol. The van der Waals surface area contributed by atoms with Crippen molar-refractivity contribution in [2.75, 3.05) is 6.61 Å². The van der Waals surface area contributed by atoms with E-state index in [4.69, 9.17) is 15.5 Å². The monoisotopic (exact) mass is 399 g/mol. The molecule has 3 aromatic rings. The van der Waals surface area contributed by atoms with Gasteiger partial charge in [0.05, 0.1) is 29.8 Å². The second-order valence-electron chi connectivity index (χ2n) is 7.44. The van der Waals surface area contributed by atoms with Crippen LogP contribution >= 0.6 is 11.3 Å². The molecule has 2 heterocycles. The Morgan fingerprint density at radius 3 is 2.57 bits per heavy atom. The van der Waals surface area contributed by atoms with Gasteiger partial charge in [-0.3, -0.25) is 9.48 Å². The van der Waals surface area contributed by atoms with E-state index < -0.39 is 5.91 Å². The summed E-state index contributed by atoms with van der Waals surface area (Å²) in [5, 5.41) is 6.35. The highest BCUT2D eigenvalue weighted by Gasteiger charge is 2.13. The van der Waals surface area contributed by atoms with Crippen molar-refractivity contribution in [1.29, 1.82) is 0 Å². The summed E-state index contributed by atoms with van der Waals surface area (Å²) >= 11 is 1.56. The number of primary amides is 1. The van der Waals surface area contributed by atoms with Gasteiger partial charge in [-0.25, -0.2) is 4.99 Å². The summed E-state index contributed by atoms with van der Waals surface area (Å²) < 4.78 is 9.83. The summed E-state index contributed by atoms with van der Waals surface area (Å²) in [7, 11) is 1.90. The van der Waals surface area contributed by atoms with E-state index in [0.717, 1.165) is 21.7 Å². The summed E-state index contributed by atoms with van der Waals surface area (Å²) in [6.45, 7) is 7.36. The average Bonchev–Trinajstić information content (AvgIpc) is 3.21. The van der Waals surface area contributed by atoms with Crippen LogP contribution in [0.5, 0.6) is 0 Å². The zero-order valence-corrected chi connectivity index (χ0v) is 17.4. The summed E-state index contributed by atoms with van der Waals surface area (Å²) in [5.74, 6) is -0.448. The van der Waals surface area contributed by atoms with Gasteiger partial charge in [0.1, 0.15) is 0 Å². The Balaban J connectivity index is 1.97. The first-order chi connectivity index (χ1) is 13.2. The highest BCUT2D eigenvalue weighted by Crippen LogP contribution is 2.21. The van der Waals surface area contributed by atoms with E-state index in [1.54, 1.807) is 40.3 Å². The van der Waals surface area contributed by atoms with Crippen molar-refractivity contribution >= 4 is 22.9 Å². The standard InChI is InChI=1S/C20H25N5O2S/c1-20(2,3)27-10-9-25-17(15-11-22-24(4)12-15)13-28-19(25)23-16-7-5-14(6-8-16)18(21)26/h5-8,11-13H,9-10H2,1-4H3,(H2,21,26). The Bertz CT molecular complexity index is 1020. The molecular weight excluding hydrogens is 374 g/mol. The predicted molar refractivity (Wildman–Crippen MR) is 110 cm³/mol. The summed E-state index contributed by atoms with van der Waals surface area (Å²) in [4.78, 5) is 16.9. The number of carbonyl (C=O) groups excluding carboxylic acids is 1. The van der Waals surface area contributed by atoms with Gasteiger partial charge in [-0.2, -0.15) is 5.10 Å². The van der Waals surface area contributed by atoms with E-state index in [0.29, 0.717) is 18.7 Å². The van der Waals surface area contributed by atoms with Crippen molar-refractivity contribution in [3.8, 4) is 11.3 Å². The van der Waals surface area contributed by atoms with Gasteiger partial charge in [-0.1, -0.05) is 0 Å². The number of amides is 1. The maximum Gasteiger partial charge on any atom is 0.248 e. The molecule has 7 nitrogen and oxygen atoms in total. The zero-order valence-electron chi connectivity index (χ0n) is 16.5. The molecule has 28 heavy (non-hydrogen) atoms. The largest absolute Gasteiger partial charge is 0.374 e. The predicted octanol–water partition coefficient (Wildman–Crippen LogP) is 3.10. The van der Waals surface area contributed by atoms with Gasteiger partial charge in [-0.15, -0.1) is 11.3 Å². The lowest BCUT2D eigenvalue weighted by atomic mass is 10.2. The zero-order chi connectivity index (χ0) is 20.3. The molecule has 0 bridgehead atoms. The first kappa shape index (κ1) is 20.0. The third-order valence-electron chi connectivity index (χ3n) is 4.02. The number of benzene rings is 1. The van der Waals surface area contributed by atoms with Gasteiger partial charge in [-0.05, 0) is 45.0 Å². The molecule has 8 heteroatoms. The van der Waals surface area contributed by atoms with Crippen molar-refractivity contribution in [3.63, 3.8) is 0 Å². The molecule has 0 aliphatic heterocycles. The van der Waals surface area contributed by atoms with Crippen molar-refractivity contribution < 1.29 is 9.53 Å². The van der Waals surface area contributed by atoms with Crippen molar-refractivity contribution in [1.82, 2.24) is 14.3 Å². The first-order valence-corrected chi connectivity index (χ1v) is 9.87. The molecule has 2 aromatic heterocycles. The molecule has 1 aromatic carbocycles. The van der Waals surface area contributed by atoms with Crippen LogP contribution in [0.15, 0.2) is 47.0 Å². The van der Waals surface area contributed by atoms with Crippen LogP contribution in [0.4, 0.5) is 5.69 Å². The maximum absolute atomic E-state index is 11.3. The van der Waals surface area contributed by atoms with E-state index in [-0.39, 0.29) is 5.60 Å². The summed E-state index contributed by atoms with van der Waals surface area (Å²) in [5.41, 5.74) is 8.40. The van der Waals surface area contributed by atoms with Crippen molar-refractivity contribution in [3.05, 3.63) is 52.4 Å². The molecule has 2 N–H and O–H groups in total. The van der Waals surface area contributed by atoms with Gasteiger partial charge in [0.15, 0.2) is 4.80 Å². The van der Waals surface area contributed by atoms with Gasteiger partial charge >= 0.3 is 0 Å². The lowest BCUT2D eigenvalue weighted by Crippen LogP contribution is -2.25. The van der Waals surface area contributed by atoms with E-state index in [1.165, 1.54) is 0 Å². The molecule has 0 unspecified atom stereocenters. The molecule has 0 fully saturated rings. The number of thiazole rings is 1. The van der Waals surface area contributed by atoms with E-state index >= 15 is 0 Å². The summed E-state index contributed by atoms with van der Waals surface area (Å²) in [6, 6.07) is 6.95. The van der Waals surface area contributed by atoms with Crippen LogP contribution < -0.4 is 10.5 Å². The highest BCUT2D eigenvalue weighted by atomic mass is 32.1. The lowest BCUT2D eigenvalue weighted by Gasteiger charge is -2.20. The third-order valence-corrected chi connectivity index (χ3v) is 4.89. The fraction of sp³-hybridized carbons (Fsp3) is 0.350. The quantitative estimate of drug-likeness (QED) is 0.691. The molecule has 0 atom stereocenters. The molecule has 0 aliphatic carbocycles. The Kier molecular flexibility index (Phi) is 5.81. The Hall–Kier alpha value is -2.71. The third kappa shape index (κ3) is 4.96. The minimum absolute atomic E-state index is 0.201. The number of nitrogens with two attached hydrogens (primary N) is 1. The second-order valence-corrected chi connectivity index (χ2v) is 8.28. The van der Waals surface area contributed by atoms with Crippen LogP contribution in [0.2, 0.25) is 0 Å². The minimum Gasteiger partial charge on any atom is -0.374 e. The molecule has 148 valence electrons. The smallest absolute Gasteiger partial charge is 0.248 e. The van der Waals surface area contributed by atoms with Gasteiger partial charge in [0.2, 0.25) is 5.91 Å².